The summed E-state index contributed by atoms with van der Waals surface area (Å²) >= 11 is 0. The van der Waals surface area contributed by atoms with E-state index in [1.54, 1.807) is 0 Å². The van der Waals surface area contributed by atoms with Crippen LogP contribution in [0.5, 0.6) is 0 Å². The molecule has 0 bridgehead atoms. The largest absolute Gasteiger partial charge is 0.481 e. The number of hydrogen-bond donors (Lipinski definition) is 1. The zero-order chi connectivity index (χ0) is 7.98. The van der Waals surface area contributed by atoms with Crippen LogP contribution in [0.15, 0.2) is 0 Å². The van der Waals surface area contributed by atoms with E-state index in [-0.39, 0.29) is 12.2 Å². The van der Waals surface area contributed by atoms with Crippen molar-refractivity contribution >= 4 is 11.8 Å². The molecule has 3 nitrogen and oxygen atoms in total. The number of Topliss-reactive ketones (excluding diaryl/α,β-unsaturated/α-hetero) is 1. The lowest BCUT2D eigenvalue weighted by Gasteiger charge is -1.92. The summed E-state index contributed by atoms with van der Waals surface area (Å²) in [6.07, 6.45) is 1.74. The van der Waals surface area contributed by atoms with Crippen molar-refractivity contribution in [2.24, 2.45) is 0 Å². The van der Waals surface area contributed by atoms with Crippen LogP contribution >= 0.6 is 0 Å². The fraction of sp³-hybridized carbons (Fsp3) is 0.571. The molecule has 0 atom stereocenters. The van der Waals surface area contributed by atoms with E-state index < -0.39 is 5.97 Å². The SMILES string of the molecule is [CH2]C(=O)CCCCC(=O)O. The van der Waals surface area contributed by atoms with E-state index in [9.17, 15) is 9.59 Å². The Kier molecular flexibility index (Phi) is 4.54. The Morgan fingerprint density at radius 1 is 1.20 bits per heavy atom. The molecule has 0 aromatic heterocycles. The van der Waals surface area contributed by atoms with Gasteiger partial charge in [0.2, 0.25) is 0 Å². The van der Waals surface area contributed by atoms with Crippen LogP contribution in [0.25, 0.3) is 0 Å². The highest BCUT2D eigenvalue weighted by atomic mass is 16.4. The van der Waals surface area contributed by atoms with Gasteiger partial charge in [-0.1, -0.05) is 0 Å². The molecular weight excluding hydrogens is 132 g/mol. The van der Waals surface area contributed by atoms with Gasteiger partial charge in [0, 0.05) is 19.8 Å². The second kappa shape index (κ2) is 4.97. The van der Waals surface area contributed by atoms with Gasteiger partial charge in [0.05, 0.1) is 0 Å². The van der Waals surface area contributed by atoms with Crippen LogP contribution in [0.1, 0.15) is 25.7 Å². The second-order valence-electron chi connectivity index (χ2n) is 2.14. The van der Waals surface area contributed by atoms with Crippen LogP contribution < -0.4 is 0 Å². The molecule has 0 aliphatic heterocycles. The van der Waals surface area contributed by atoms with Crippen LogP contribution in [0.4, 0.5) is 0 Å². The summed E-state index contributed by atoms with van der Waals surface area (Å²) in [6, 6.07) is 0. The third kappa shape index (κ3) is 7.14. The summed E-state index contributed by atoms with van der Waals surface area (Å²) in [5.74, 6) is -0.929. The highest BCUT2D eigenvalue weighted by Gasteiger charge is 1.97. The van der Waals surface area contributed by atoms with Gasteiger partial charge >= 0.3 is 5.97 Å². The van der Waals surface area contributed by atoms with Crippen molar-refractivity contribution in [1.82, 2.24) is 0 Å². The zero-order valence-corrected chi connectivity index (χ0v) is 5.80. The van der Waals surface area contributed by atoms with Gasteiger partial charge in [-0.05, 0) is 12.8 Å². The summed E-state index contributed by atoms with van der Waals surface area (Å²) in [5.41, 5.74) is 0. The highest BCUT2D eigenvalue weighted by molar-refractivity contribution is 5.82. The van der Waals surface area contributed by atoms with Gasteiger partial charge in [-0.25, -0.2) is 0 Å². The van der Waals surface area contributed by atoms with Crippen LogP contribution in [0.3, 0.4) is 0 Å². The van der Waals surface area contributed by atoms with E-state index >= 15 is 0 Å². The number of carboxylic acid groups (broad SMARTS) is 1. The molecule has 0 unspecified atom stereocenters. The predicted octanol–water partition coefficient (Wildman–Crippen LogP) is 1.03. The van der Waals surface area contributed by atoms with Gasteiger partial charge in [-0.2, -0.15) is 0 Å². The summed E-state index contributed by atoms with van der Waals surface area (Å²) in [5, 5.41) is 8.18. The van der Waals surface area contributed by atoms with E-state index in [2.05, 4.69) is 6.92 Å². The average molecular weight is 143 g/mol. The van der Waals surface area contributed by atoms with Gasteiger partial charge in [0.25, 0.3) is 0 Å². The molecule has 0 aromatic carbocycles. The Morgan fingerprint density at radius 3 is 2.10 bits per heavy atom. The van der Waals surface area contributed by atoms with Gasteiger partial charge in [-0.3, -0.25) is 9.59 Å². The molecule has 0 saturated carbocycles. The molecule has 0 amide bonds. The predicted molar refractivity (Wildman–Crippen MR) is 36.5 cm³/mol. The first-order valence-electron chi connectivity index (χ1n) is 3.19. The first-order valence-corrected chi connectivity index (χ1v) is 3.19. The lowest BCUT2D eigenvalue weighted by Crippen LogP contribution is -1.95. The Morgan fingerprint density at radius 2 is 1.70 bits per heavy atom. The smallest absolute Gasteiger partial charge is 0.303 e. The molecule has 0 heterocycles. The lowest BCUT2D eigenvalue weighted by molar-refractivity contribution is -0.137. The number of hydrogen-bond acceptors (Lipinski definition) is 2. The van der Waals surface area contributed by atoms with Crippen molar-refractivity contribution in [3.63, 3.8) is 0 Å². The van der Waals surface area contributed by atoms with E-state index in [0.717, 1.165) is 0 Å². The van der Waals surface area contributed by atoms with E-state index in [1.807, 2.05) is 0 Å². The molecular formula is C7H11O3. The Balaban J connectivity index is 3.06. The van der Waals surface area contributed by atoms with Gasteiger partial charge in [0.15, 0.2) is 0 Å². The first-order chi connectivity index (χ1) is 4.63. The van der Waals surface area contributed by atoms with Crippen molar-refractivity contribution in [2.75, 3.05) is 0 Å². The van der Waals surface area contributed by atoms with Crippen molar-refractivity contribution < 1.29 is 14.7 Å². The molecule has 57 valence electrons. The molecule has 3 heteroatoms. The zero-order valence-electron chi connectivity index (χ0n) is 5.80. The minimum absolute atomic E-state index is 0.120. The number of rotatable bonds is 5. The maximum Gasteiger partial charge on any atom is 0.303 e. The van der Waals surface area contributed by atoms with E-state index in [1.165, 1.54) is 0 Å². The normalized spacial score (nSPS) is 9.30. The maximum absolute atomic E-state index is 10.2. The molecule has 0 aliphatic rings. The van der Waals surface area contributed by atoms with Crippen molar-refractivity contribution in [3.05, 3.63) is 6.92 Å². The first kappa shape index (κ1) is 9.14. The second-order valence-corrected chi connectivity index (χ2v) is 2.14. The molecule has 0 spiro atoms. The Hall–Kier alpha value is -0.860. The third-order valence-electron chi connectivity index (χ3n) is 1.10. The van der Waals surface area contributed by atoms with Crippen LogP contribution in [0.2, 0.25) is 0 Å². The minimum atomic E-state index is -0.809. The van der Waals surface area contributed by atoms with Gasteiger partial charge in [0.1, 0.15) is 5.78 Å². The van der Waals surface area contributed by atoms with Crippen molar-refractivity contribution in [3.8, 4) is 0 Å². The fourth-order valence-electron chi connectivity index (χ4n) is 0.598. The van der Waals surface area contributed by atoms with Gasteiger partial charge < -0.3 is 5.11 Å². The van der Waals surface area contributed by atoms with Crippen LogP contribution in [0, 0.1) is 6.92 Å². The number of carbonyl (C=O) groups excluding carboxylic acids is 1. The molecule has 0 saturated heterocycles. The fourth-order valence-corrected chi connectivity index (χ4v) is 0.598. The number of ketones is 1. The molecule has 1 radical (unpaired) electrons. The lowest BCUT2D eigenvalue weighted by atomic mass is 10.1. The number of aliphatic carboxylic acids is 1. The summed E-state index contributed by atoms with van der Waals surface area (Å²) in [7, 11) is 0. The minimum Gasteiger partial charge on any atom is -0.481 e. The highest BCUT2D eigenvalue weighted by Crippen LogP contribution is 1.99. The van der Waals surface area contributed by atoms with E-state index in [4.69, 9.17) is 5.11 Å². The average Bonchev–Trinajstić information content (AvgIpc) is 1.79. The molecule has 0 fully saturated rings. The van der Waals surface area contributed by atoms with E-state index in [0.29, 0.717) is 19.3 Å². The number of carboxylic acids is 1. The molecule has 0 aromatic rings. The Labute approximate surface area is 60.0 Å². The quantitative estimate of drug-likeness (QED) is 0.585. The molecule has 0 rings (SSSR count). The maximum atomic E-state index is 10.2. The summed E-state index contributed by atoms with van der Waals surface area (Å²) in [6.45, 7) is 3.17. The van der Waals surface area contributed by atoms with Crippen LogP contribution in [-0.4, -0.2) is 16.9 Å². The van der Waals surface area contributed by atoms with Gasteiger partial charge in [-0.15, -0.1) is 0 Å². The monoisotopic (exact) mass is 143 g/mol. The number of unbranched alkanes of at least 4 members (excludes halogenated alkanes) is 1. The summed E-state index contributed by atoms with van der Waals surface area (Å²) < 4.78 is 0. The molecule has 10 heavy (non-hydrogen) atoms. The van der Waals surface area contributed by atoms with Crippen molar-refractivity contribution in [1.29, 1.82) is 0 Å². The summed E-state index contributed by atoms with van der Waals surface area (Å²) in [4.78, 5) is 20.2. The van der Waals surface area contributed by atoms with Crippen molar-refractivity contribution in [2.45, 2.75) is 25.7 Å². The van der Waals surface area contributed by atoms with Crippen LogP contribution in [-0.2, 0) is 9.59 Å². The molecule has 1 N–H and O–H groups in total. The molecule has 0 aliphatic carbocycles. The number of carbonyl (C=O) groups is 2. The third-order valence-corrected chi connectivity index (χ3v) is 1.10. The standard InChI is InChI=1S/C7H11O3/c1-6(8)4-2-3-5-7(9)10/h1-5H2,(H,9,10). The Bertz CT molecular complexity index is 113. The topological polar surface area (TPSA) is 54.4 Å².